The minimum absolute atomic E-state index is 0.00653. The van der Waals surface area contributed by atoms with Crippen LogP contribution in [-0.2, 0) is 16.1 Å². The van der Waals surface area contributed by atoms with E-state index in [4.69, 9.17) is 4.74 Å². The van der Waals surface area contributed by atoms with Crippen LogP contribution in [0.4, 0.5) is 0 Å². The number of nitrogens with one attached hydrogen (secondary N) is 2. The lowest BCUT2D eigenvalue weighted by atomic mass is 10.2. The smallest absolute Gasteiger partial charge is 0.241 e. The highest BCUT2D eigenvalue weighted by molar-refractivity contribution is 9.10. The third kappa shape index (κ3) is 8.56. The van der Waals surface area contributed by atoms with Gasteiger partial charge >= 0.3 is 0 Å². The summed E-state index contributed by atoms with van der Waals surface area (Å²) in [6, 6.07) is 7.98. The van der Waals surface area contributed by atoms with Crippen LogP contribution in [0, 0.1) is 0 Å². The molecule has 0 atom stereocenters. The van der Waals surface area contributed by atoms with Crippen LogP contribution >= 0.6 is 15.9 Å². The molecule has 0 aliphatic heterocycles. The summed E-state index contributed by atoms with van der Waals surface area (Å²) in [5.41, 5.74) is 1.10. The summed E-state index contributed by atoms with van der Waals surface area (Å²) < 4.78 is 6.34. The lowest BCUT2D eigenvalue weighted by Crippen LogP contribution is -2.43. The second-order valence-electron chi connectivity index (χ2n) is 5.06. The first-order valence-electron chi connectivity index (χ1n) is 7.57. The predicted molar refractivity (Wildman–Crippen MR) is 96.5 cm³/mol. The van der Waals surface area contributed by atoms with E-state index < -0.39 is 0 Å². The van der Waals surface area contributed by atoms with Crippen molar-refractivity contribution in [2.45, 2.75) is 13.5 Å². The summed E-state index contributed by atoms with van der Waals surface area (Å²) in [5.74, 6) is 0.593. The molecular formula is C16H25BrN4O2. The van der Waals surface area contributed by atoms with Crippen molar-refractivity contribution >= 4 is 27.8 Å². The summed E-state index contributed by atoms with van der Waals surface area (Å²) >= 11 is 3.41. The fourth-order valence-corrected chi connectivity index (χ4v) is 1.90. The van der Waals surface area contributed by atoms with Gasteiger partial charge in [-0.2, -0.15) is 0 Å². The normalized spacial score (nSPS) is 11.2. The Morgan fingerprint density at radius 2 is 1.96 bits per heavy atom. The van der Waals surface area contributed by atoms with Gasteiger partial charge in [-0.3, -0.25) is 4.79 Å². The van der Waals surface area contributed by atoms with Gasteiger partial charge in [-0.05, 0) is 24.6 Å². The zero-order chi connectivity index (χ0) is 17.1. The Bertz CT molecular complexity index is 503. The Hall–Kier alpha value is -1.60. The molecule has 0 heterocycles. The van der Waals surface area contributed by atoms with Gasteiger partial charge in [0.15, 0.2) is 5.96 Å². The molecule has 1 aromatic rings. The molecule has 0 aliphatic carbocycles. The molecule has 0 saturated heterocycles. The van der Waals surface area contributed by atoms with Crippen LogP contribution in [0.15, 0.2) is 33.7 Å². The molecule has 0 aliphatic rings. The Morgan fingerprint density at radius 3 is 2.57 bits per heavy atom. The molecule has 0 radical (unpaired) electrons. The standard InChI is InChI=1S/C16H25BrN4O2/c1-4-23-10-9-18-16(20-12-15(22)21(2)3)19-11-13-5-7-14(17)8-6-13/h5-8H,4,9-12H2,1-3H3,(H2,18,19,20). The van der Waals surface area contributed by atoms with Gasteiger partial charge in [0.05, 0.1) is 19.7 Å². The largest absolute Gasteiger partial charge is 0.380 e. The number of nitrogens with zero attached hydrogens (tertiary/aromatic N) is 2. The van der Waals surface area contributed by atoms with Gasteiger partial charge < -0.3 is 20.3 Å². The molecule has 1 rings (SSSR count). The number of hydrogen-bond acceptors (Lipinski definition) is 3. The molecule has 0 bridgehead atoms. The highest BCUT2D eigenvalue weighted by Crippen LogP contribution is 2.10. The SMILES string of the molecule is CCOCCNC(=NCc1ccc(Br)cc1)NCC(=O)N(C)C. The fraction of sp³-hybridized carbons (Fsp3) is 0.500. The molecule has 0 unspecified atom stereocenters. The summed E-state index contributed by atoms with van der Waals surface area (Å²) in [7, 11) is 3.45. The topological polar surface area (TPSA) is 66.0 Å². The monoisotopic (exact) mass is 384 g/mol. The number of benzene rings is 1. The van der Waals surface area contributed by atoms with Crippen molar-refractivity contribution in [2.24, 2.45) is 4.99 Å². The third-order valence-electron chi connectivity index (χ3n) is 2.98. The molecule has 0 fully saturated rings. The molecular weight excluding hydrogens is 360 g/mol. The number of ether oxygens (including phenoxy) is 1. The van der Waals surface area contributed by atoms with Crippen molar-refractivity contribution < 1.29 is 9.53 Å². The van der Waals surface area contributed by atoms with E-state index >= 15 is 0 Å². The molecule has 6 nitrogen and oxygen atoms in total. The van der Waals surface area contributed by atoms with E-state index in [1.165, 1.54) is 0 Å². The van der Waals surface area contributed by atoms with Crippen molar-refractivity contribution in [1.29, 1.82) is 0 Å². The molecule has 0 saturated carbocycles. The second-order valence-corrected chi connectivity index (χ2v) is 5.97. The predicted octanol–water partition coefficient (Wildman–Crippen LogP) is 1.61. The summed E-state index contributed by atoms with van der Waals surface area (Å²) in [6.45, 7) is 4.60. The molecule has 2 N–H and O–H groups in total. The van der Waals surface area contributed by atoms with Crippen molar-refractivity contribution in [3.8, 4) is 0 Å². The number of guanidine groups is 1. The average molecular weight is 385 g/mol. The van der Waals surface area contributed by atoms with E-state index in [1.807, 2.05) is 31.2 Å². The van der Waals surface area contributed by atoms with E-state index in [2.05, 4.69) is 31.6 Å². The van der Waals surface area contributed by atoms with Crippen molar-refractivity contribution in [3.63, 3.8) is 0 Å². The first-order valence-corrected chi connectivity index (χ1v) is 8.36. The quantitative estimate of drug-likeness (QED) is 0.406. The minimum Gasteiger partial charge on any atom is -0.380 e. The number of amides is 1. The summed E-state index contributed by atoms with van der Waals surface area (Å²) in [4.78, 5) is 17.7. The van der Waals surface area contributed by atoms with Gasteiger partial charge in [0.25, 0.3) is 0 Å². The molecule has 0 spiro atoms. The van der Waals surface area contributed by atoms with Crippen LogP contribution in [0.25, 0.3) is 0 Å². The maximum absolute atomic E-state index is 11.7. The van der Waals surface area contributed by atoms with E-state index in [-0.39, 0.29) is 12.5 Å². The Labute approximate surface area is 146 Å². The lowest BCUT2D eigenvalue weighted by Gasteiger charge is -2.15. The molecule has 1 aromatic carbocycles. The van der Waals surface area contributed by atoms with Crippen LogP contribution in [0.5, 0.6) is 0 Å². The van der Waals surface area contributed by atoms with Gasteiger partial charge in [-0.25, -0.2) is 4.99 Å². The highest BCUT2D eigenvalue weighted by atomic mass is 79.9. The van der Waals surface area contributed by atoms with Gasteiger partial charge in [0, 0.05) is 31.7 Å². The fourth-order valence-electron chi connectivity index (χ4n) is 1.64. The highest BCUT2D eigenvalue weighted by Gasteiger charge is 2.05. The zero-order valence-corrected chi connectivity index (χ0v) is 15.5. The van der Waals surface area contributed by atoms with Gasteiger partial charge in [0.2, 0.25) is 5.91 Å². The van der Waals surface area contributed by atoms with Crippen LogP contribution in [0.2, 0.25) is 0 Å². The van der Waals surface area contributed by atoms with E-state index in [9.17, 15) is 4.79 Å². The van der Waals surface area contributed by atoms with E-state index in [0.29, 0.717) is 32.3 Å². The van der Waals surface area contributed by atoms with Gasteiger partial charge in [-0.1, -0.05) is 28.1 Å². The van der Waals surface area contributed by atoms with Crippen LogP contribution in [-0.4, -0.2) is 57.2 Å². The van der Waals surface area contributed by atoms with Gasteiger partial charge in [0.1, 0.15) is 0 Å². The van der Waals surface area contributed by atoms with Crippen LogP contribution in [0.1, 0.15) is 12.5 Å². The summed E-state index contributed by atoms with van der Waals surface area (Å²) in [5, 5.41) is 6.21. The van der Waals surface area contributed by atoms with Crippen molar-refractivity contribution in [1.82, 2.24) is 15.5 Å². The average Bonchev–Trinajstić information content (AvgIpc) is 2.54. The molecule has 23 heavy (non-hydrogen) atoms. The van der Waals surface area contributed by atoms with E-state index in [0.717, 1.165) is 10.0 Å². The number of carbonyl (C=O) groups excluding carboxylic acids is 1. The van der Waals surface area contributed by atoms with Crippen LogP contribution < -0.4 is 10.6 Å². The maximum atomic E-state index is 11.7. The maximum Gasteiger partial charge on any atom is 0.241 e. The van der Waals surface area contributed by atoms with Gasteiger partial charge in [-0.15, -0.1) is 0 Å². The first kappa shape index (κ1) is 19.4. The molecule has 0 aromatic heterocycles. The third-order valence-corrected chi connectivity index (χ3v) is 3.51. The number of halogens is 1. The molecule has 7 heteroatoms. The van der Waals surface area contributed by atoms with E-state index in [1.54, 1.807) is 19.0 Å². The first-order chi connectivity index (χ1) is 11.0. The lowest BCUT2D eigenvalue weighted by molar-refractivity contribution is -0.127. The van der Waals surface area contributed by atoms with Crippen molar-refractivity contribution in [3.05, 3.63) is 34.3 Å². The Kier molecular flexibility index (Phi) is 9.31. The number of rotatable bonds is 8. The Balaban J connectivity index is 2.58. The zero-order valence-electron chi connectivity index (χ0n) is 13.9. The number of aliphatic imine (C=N–C) groups is 1. The number of likely N-dealkylation sites (N-methyl/N-ethyl adjacent to an activating group) is 1. The van der Waals surface area contributed by atoms with Crippen LogP contribution in [0.3, 0.4) is 0 Å². The summed E-state index contributed by atoms with van der Waals surface area (Å²) in [6.07, 6.45) is 0. The Morgan fingerprint density at radius 1 is 1.26 bits per heavy atom. The molecule has 1 amide bonds. The van der Waals surface area contributed by atoms with Crippen molar-refractivity contribution in [2.75, 3.05) is 40.4 Å². The number of carbonyl (C=O) groups is 1. The second kappa shape index (κ2) is 11.0. The number of hydrogen-bond donors (Lipinski definition) is 2. The molecule has 128 valence electrons. The minimum atomic E-state index is -0.00653.